The van der Waals surface area contributed by atoms with Crippen LogP contribution >= 0.6 is 0 Å². The van der Waals surface area contributed by atoms with E-state index in [0.717, 1.165) is 11.0 Å². The van der Waals surface area contributed by atoms with Gasteiger partial charge in [-0.2, -0.15) is 0 Å². The molecule has 21 heavy (non-hydrogen) atoms. The van der Waals surface area contributed by atoms with Crippen LogP contribution in [0.2, 0.25) is 0 Å². The Balaban J connectivity index is 2.22. The second-order valence-electron chi connectivity index (χ2n) is 6.18. The second kappa shape index (κ2) is 5.65. The van der Waals surface area contributed by atoms with Gasteiger partial charge in [0.05, 0.1) is 17.4 Å². The first-order chi connectivity index (χ1) is 9.71. The Kier molecular flexibility index (Phi) is 4.25. The van der Waals surface area contributed by atoms with Crippen molar-refractivity contribution in [2.45, 2.75) is 45.8 Å². The average Bonchev–Trinajstić information content (AvgIpc) is 2.91. The topological polar surface area (TPSA) is 73.6 Å². The van der Waals surface area contributed by atoms with Gasteiger partial charge in [-0.3, -0.25) is 4.79 Å². The van der Waals surface area contributed by atoms with Crippen molar-refractivity contribution in [2.75, 3.05) is 6.54 Å². The van der Waals surface area contributed by atoms with Gasteiger partial charge in [0.15, 0.2) is 0 Å². The molecule has 0 aliphatic carbocycles. The minimum atomic E-state index is -0.517. The minimum absolute atomic E-state index is 0.109. The molecule has 1 aliphatic rings. The van der Waals surface area contributed by atoms with E-state index >= 15 is 0 Å². The maximum absolute atomic E-state index is 11.2. The van der Waals surface area contributed by atoms with Crippen LogP contribution in [0.25, 0.3) is 6.08 Å². The third-order valence-corrected chi connectivity index (χ3v) is 3.90. The van der Waals surface area contributed by atoms with E-state index in [2.05, 4.69) is 10.5 Å². The Morgan fingerprint density at radius 2 is 1.95 bits per heavy atom. The lowest BCUT2D eigenvalue weighted by atomic mass is 9.77. The summed E-state index contributed by atoms with van der Waals surface area (Å²) in [4.78, 5) is 11.2. The van der Waals surface area contributed by atoms with Crippen LogP contribution in [0.5, 0.6) is 0 Å². The van der Waals surface area contributed by atoms with E-state index < -0.39 is 18.3 Å². The van der Waals surface area contributed by atoms with Crippen molar-refractivity contribution in [3.63, 3.8) is 0 Å². The lowest BCUT2D eigenvalue weighted by Gasteiger charge is -2.32. The van der Waals surface area contributed by atoms with Crippen molar-refractivity contribution in [1.82, 2.24) is 10.5 Å². The SMILES string of the molecule is CC(=O)NCC(=Cc1cnoc1)B1OC(C)(C)C(C)(C)O1. The molecule has 0 atom stereocenters. The maximum Gasteiger partial charge on any atom is 0.492 e. The molecule has 0 saturated carbocycles. The van der Waals surface area contributed by atoms with E-state index in [1.54, 1.807) is 6.20 Å². The third kappa shape index (κ3) is 3.54. The molecule has 1 aliphatic heterocycles. The van der Waals surface area contributed by atoms with E-state index in [1.807, 2.05) is 33.8 Å². The van der Waals surface area contributed by atoms with Crippen LogP contribution in [-0.2, 0) is 14.1 Å². The van der Waals surface area contributed by atoms with Gasteiger partial charge in [-0.25, -0.2) is 0 Å². The molecular formula is C14H21BN2O4. The number of hydrogen-bond acceptors (Lipinski definition) is 5. The molecule has 7 heteroatoms. The van der Waals surface area contributed by atoms with Crippen LogP contribution in [0.3, 0.4) is 0 Å². The molecule has 0 unspecified atom stereocenters. The summed E-state index contributed by atoms with van der Waals surface area (Å²) in [5, 5.41) is 6.44. The van der Waals surface area contributed by atoms with E-state index in [4.69, 9.17) is 13.8 Å². The largest absolute Gasteiger partial charge is 0.492 e. The highest BCUT2D eigenvalue weighted by molar-refractivity contribution is 6.56. The number of carbonyl (C=O) groups excluding carboxylic acids is 1. The number of hydrogen-bond donors (Lipinski definition) is 1. The molecule has 2 heterocycles. The Morgan fingerprint density at radius 3 is 2.43 bits per heavy atom. The summed E-state index contributed by atoms with van der Waals surface area (Å²) in [7, 11) is -0.517. The summed E-state index contributed by atoms with van der Waals surface area (Å²) in [6, 6.07) is 0. The van der Waals surface area contributed by atoms with Crippen molar-refractivity contribution >= 4 is 19.1 Å². The van der Waals surface area contributed by atoms with Crippen molar-refractivity contribution in [2.24, 2.45) is 0 Å². The van der Waals surface area contributed by atoms with Crippen LogP contribution in [0.4, 0.5) is 0 Å². The standard InChI is InChI=1S/C14H21BN2O4/c1-10(18)16-8-12(6-11-7-17-19-9-11)15-20-13(2,3)14(4,5)21-15/h6-7,9H,8H2,1-5H3,(H,16,18). The molecule has 1 saturated heterocycles. The zero-order valence-corrected chi connectivity index (χ0v) is 13.1. The Hall–Kier alpha value is -1.60. The molecule has 2 rings (SSSR count). The van der Waals surface area contributed by atoms with Crippen molar-refractivity contribution in [3.8, 4) is 0 Å². The Labute approximate surface area is 125 Å². The quantitative estimate of drug-likeness (QED) is 0.857. The molecule has 6 nitrogen and oxygen atoms in total. The highest BCUT2D eigenvalue weighted by Crippen LogP contribution is 2.38. The van der Waals surface area contributed by atoms with Gasteiger partial charge in [0.1, 0.15) is 6.26 Å². The first-order valence-corrected chi connectivity index (χ1v) is 6.91. The van der Waals surface area contributed by atoms with Crippen LogP contribution < -0.4 is 5.32 Å². The first-order valence-electron chi connectivity index (χ1n) is 6.91. The zero-order valence-electron chi connectivity index (χ0n) is 13.1. The monoisotopic (exact) mass is 292 g/mol. The molecule has 1 aromatic heterocycles. The molecule has 1 fully saturated rings. The number of carbonyl (C=O) groups is 1. The number of nitrogens with one attached hydrogen (secondary N) is 1. The minimum Gasteiger partial charge on any atom is -0.400 e. The van der Waals surface area contributed by atoms with Gasteiger partial charge in [0.25, 0.3) is 0 Å². The summed E-state index contributed by atoms with van der Waals surface area (Å²) in [6.45, 7) is 9.77. The first kappa shape index (κ1) is 15.8. The fourth-order valence-electron chi connectivity index (χ4n) is 1.92. The third-order valence-electron chi connectivity index (χ3n) is 3.90. The summed E-state index contributed by atoms with van der Waals surface area (Å²) >= 11 is 0. The lowest BCUT2D eigenvalue weighted by molar-refractivity contribution is -0.118. The summed E-state index contributed by atoms with van der Waals surface area (Å²) in [6.07, 6.45) is 4.98. The van der Waals surface area contributed by atoms with Gasteiger partial charge in [0, 0.05) is 19.0 Å². The van der Waals surface area contributed by atoms with E-state index in [9.17, 15) is 4.79 Å². The highest BCUT2D eigenvalue weighted by atomic mass is 16.7. The van der Waals surface area contributed by atoms with Gasteiger partial charge in [0.2, 0.25) is 5.91 Å². The Bertz CT molecular complexity index is 521. The van der Waals surface area contributed by atoms with Crippen molar-refractivity contribution in [1.29, 1.82) is 0 Å². The number of aromatic nitrogens is 1. The van der Waals surface area contributed by atoms with Crippen LogP contribution in [0, 0.1) is 0 Å². The van der Waals surface area contributed by atoms with E-state index in [-0.39, 0.29) is 5.91 Å². The van der Waals surface area contributed by atoms with Gasteiger partial charge in [-0.05, 0) is 33.2 Å². The molecule has 0 spiro atoms. The van der Waals surface area contributed by atoms with Gasteiger partial charge in [-0.1, -0.05) is 11.2 Å². The van der Waals surface area contributed by atoms with Gasteiger partial charge in [-0.15, -0.1) is 0 Å². The maximum atomic E-state index is 11.2. The zero-order chi connectivity index (χ0) is 15.7. The normalized spacial score (nSPS) is 20.6. The smallest absolute Gasteiger partial charge is 0.400 e. The molecule has 0 aromatic carbocycles. The Morgan fingerprint density at radius 1 is 1.33 bits per heavy atom. The number of rotatable bonds is 4. The molecule has 1 aromatic rings. The predicted molar refractivity (Wildman–Crippen MR) is 79.2 cm³/mol. The number of nitrogens with zero attached hydrogens (tertiary/aromatic N) is 1. The molecule has 0 bridgehead atoms. The summed E-state index contributed by atoms with van der Waals surface area (Å²) < 4.78 is 16.9. The molecular weight excluding hydrogens is 271 g/mol. The van der Waals surface area contributed by atoms with Crippen LogP contribution in [0.15, 0.2) is 22.5 Å². The highest BCUT2D eigenvalue weighted by Gasteiger charge is 2.52. The van der Waals surface area contributed by atoms with Gasteiger partial charge >= 0.3 is 7.12 Å². The van der Waals surface area contributed by atoms with E-state index in [1.165, 1.54) is 13.2 Å². The van der Waals surface area contributed by atoms with Crippen LogP contribution in [0.1, 0.15) is 40.2 Å². The fraction of sp³-hybridized carbons (Fsp3) is 0.571. The molecule has 0 radical (unpaired) electrons. The summed E-state index contributed by atoms with van der Waals surface area (Å²) in [5.41, 5.74) is 0.751. The molecule has 114 valence electrons. The predicted octanol–water partition coefficient (Wildman–Crippen LogP) is 1.83. The molecule has 1 amide bonds. The second-order valence-corrected chi connectivity index (χ2v) is 6.18. The fourth-order valence-corrected chi connectivity index (χ4v) is 1.92. The van der Waals surface area contributed by atoms with Gasteiger partial charge < -0.3 is 19.1 Å². The molecule has 1 N–H and O–H groups in total. The lowest BCUT2D eigenvalue weighted by Crippen LogP contribution is -2.41. The number of amides is 1. The van der Waals surface area contributed by atoms with Crippen molar-refractivity contribution in [3.05, 3.63) is 23.5 Å². The summed E-state index contributed by atoms with van der Waals surface area (Å²) in [5.74, 6) is -0.109. The van der Waals surface area contributed by atoms with Crippen molar-refractivity contribution < 1.29 is 18.6 Å². The van der Waals surface area contributed by atoms with E-state index in [0.29, 0.717) is 6.54 Å². The average molecular weight is 292 g/mol. The van der Waals surface area contributed by atoms with Crippen LogP contribution in [-0.4, -0.2) is 35.9 Å².